The van der Waals surface area contributed by atoms with E-state index in [9.17, 15) is 13.2 Å². The molecule has 0 unspecified atom stereocenters. The lowest BCUT2D eigenvalue weighted by molar-refractivity contribution is -0.144. The summed E-state index contributed by atoms with van der Waals surface area (Å²) < 4.78 is 41.2. The van der Waals surface area contributed by atoms with Gasteiger partial charge < -0.3 is 0 Å². The SMILES string of the molecule is N#CCCn1cc(/C=N/Nc2nc(C(F)(F)F)nc3ccccc23)c(-c2ccncc2)n1. The Hall–Kier alpha value is -4.33. The number of fused-ring (bicyclic) bond motifs is 1. The topological polar surface area (TPSA) is 105 Å². The zero-order valence-electron chi connectivity index (χ0n) is 16.5. The van der Waals surface area contributed by atoms with E-state index >= 15 is 0 Å². The van der Waals surface area contributed by atoms with Gasteiger partial charge in [0.1, 0.15) is 5.69 Å². The average Bonchev–Trinajstić information content (AvgIpc) is 3.20. The first kappa shape index (κ1) is 20.9. The highest BCUT2D eigenvalue weighted by Gasteiger charge is 2.35. The zero-order valence-corrected chi connectivity index (χ0v) is 16.5. The van der Waals surface area contributed by atoms with Gasteiger partial charge in [-0.25, -0.2) is 9.97 Å². The van der Waals surface area contributed by atoms with Gasteiger partial charge in [0.25, 0.3) is 0 Å². The standard InChI is InChI=1S/C21H15F3N8/c22-21(23,24)20-28-17-5-2-1-4-16(17)19(29-20)30-27-12-15-13-32(11-3-8-25)31-18(15)14-6-9-26-10-7-14/h1-2,4-7,9-10,12-13H,3,11H2,(H,28,29,30)/b27-12+. The number of aromatic nitrogens is 5. The molecule has 1 N–H and O–H groups in total. The number of anilines is 1. The Kier molecular flexibility index (Phi) is 5.76. The summed E-state index contributed by atoms with van der Waals surface area (Å²) in [7, 11) is 0. The van der Waals surface area contributed by atoms with Gasteiger partial charge in [-0.2, -0.15) is 28.6 Å². The second kappa shape index (κ2) is 8.81. The van der Waals surface area contributed by atoms with E-state index in [1.54, 1.807) is 53.6 Å². The summed E-state index contributed by atoms with van der Waals surface area (Å²) in [6, 6.07) is 12.0. The molecule has 3 aromatic heterocycles. The molecular formula is C21H15F3N8. The molecular weight excluding hydrogens is 421 g/mol. The van der Waals surface area contributed by atoms with Crippen LogP contribution in [0.25, 0.3) is 22.2 Å². The number of aryl methyl sites for hydroxylation is 1. The molecule has 0 aliphatic heterocycles. The number of hydrogen-bond donors (Lipinski definition) is 1. The van der Waals surface area contributed by atoms with Crippen LogP contribution in [0.3, 0.4) is 0 Å². The quantitative estimate of drug-likeness (QED) is 0.358. The predicted molar refractivity (Wildman–Crippen MR) is 111 cm³/mol. The van der Waals surface area contributed by atoms with Crippen molar-refractivity contribution in [2.24, 2.45) is 5.10 Å². The third-order valence-electron chi connectivity index (χ3n) is 4.43. The van der Waals surface area contributed by atoms with Gasteiger partial charge in [-0.05, 0) is 24.3 Å². The minimum Gasteiger partial charge on any atom is -0.270 e. The van der Waals surface area contributed by atoms with Crippen LogP contribution in [0, 0.1) is 11.3 Å². The lowest BCUT2D eigenvalue weighted by Gasteiger charge is -2.09. The zero-order chi connectivity index (χ0) is 22.6. The maximum Gasteiger partial charge on any atom is 0.451 e. The maximum atomic E-state index is 13.2. The van der Waals surface area contributed by atoms with Crippen LogP contribution in [0.4, 0.5) is 19.0 Å². The first-order valence-corrected chi connectivity index (χ1v) is 9.43. The van der Waals surface area contributed by atoms with Gasteiger partial charge >= 0.3 is 6.18 Å². The second-order valence-corrected chi connectivity index (χ2v) is 6.62. The van der Waals surface area contributed by atoms with Crippen molar-refractivity contribution in [1.29, 1.82) is 5.26 Å². The Morgan fingerprint density at radius 3 is 2.66 bits per heavy atom. The van der Waals surface area contributed by atoms with Crippen LogP contribution in [-0.4, -0.2) is 30.9 Å². The molecule has 32 heavy (non-hydrogen) atoms. The minimum atomic E-state index is -4.69. The minimum absolute atomic E-state index is 0.0680. The maximum absolute atomic E-state index is 13.2. The number of alkyl halides is 3. The first-order valence-electron chi connectivity index (χ1n) is 9.43. The van der Waals surface area contributed by atoms with E-state index in [1.807, 2.05) is 0 Å². The van der Waals surface area contributed by atoms with Crippen molar-refractivity contribution in [3.8, 4) is 17.3 Å². The third-order valence-corrected chi connectivity index (χ3v) is 4.43. The summed E-state index contributed by atoms with van der Waals surface area (Å²) in [6.45, 7) is 0.390. The van der Waals surface area contributed by atoms with Crippen LogP contribution in [0.1, 0.15) is 17.8 Å². The Balaban J connectivity index is 1.68. The molecule has 4 rings (SSSR count). The van der Waals surface area contributed by atoms with Crippen LogP contribution >= 0.6 is 0 Å². The summed E-state index contributed by atoms with van der Waals surface area (Å²) in [5, 5.41) is 17.8. The largest absolute Gasteiger partial charge is 0.451 e. The second-order valence-electron chi connectivity index (χ2n) is 6.62. The van der Waals surface area contributed by atoms with Crippen molar-refractivity contribution in [3.63, 3.8) is 0 Å². The lowest BCUT2D eigenvalue weighted by Crippen LogP contribution is -2.12. The van der Waals surface area contributed by atoms with Gasteiger partial charge in [0, 0.05) is 35.1 Å². The number of hydrogen-bond acceptors (Lipinski definition) is 7. The molecule has 0 spiro atoms. The predicted octanol–water partition coefficient (Wildman–Crippen LogP) is 4.27. The third kappa shape index (κ3) is 4.54. The molecule has 0 radical (unpaired) electrons. The van der Waals surface area contributed by atoms with Crippen LogP contribution in [0.5, 0.6) is 0 Å². The molecule has 11 heteroatoms. The van der Waals surface area contributed by atoms with Crippen LogP contribution in [-0.2, 0) is 12.7 Å². The van der Waals surface area contributed by atoms with E-state index in [2.05, 4.69) is 36.6 Å². The fraction of sp³-hybridized carbons (Fsp3) is 0.143. The molecule has 0 saturated heterocycles. The summed E-state index contributed by atoms with van der Waals surface area (Å²) in [5.74, 6) is -1.32. The van der Waals surface area contributed by atoms with Crippen molar-refractivity contribution in [2.45, 2.75) is 19.1 Å². The van der Waals surface area contributed by atoms with E-state index in [0.29, 0.717) is 23.2 Å². The van der Waals surface area contributed by atoms with Crippen molar-refractivity contribution in [1.82, 2.24) is 24.7 Å². The lowest BCUT2D eigenvalue weighted by atomic mass is 10.1. The summed E-state index contributed by atoms with van der Waals surface area (Å²) in [5.41, 5.74) is 4.73. The highest BCUT2D eigenvalue weighted by molar-refractivity contribution is 5.91. The molecule has 0 fully saturated rings. The van der Waals surface area contributed by atoms with Crippen molar-refractivity contribution in [2.75, 3.05) is 5.43 Å². The molecule has 0 bridgehead atoms. The normalized spacial score (nSPS) is 11.7. The Morgan fingerprint density at radius 2 is 1.91 bits per heavy atom. The van der Waals surface area contributed by atoms with Crippen molar-refractivity contribution in [3.05, 3.63) is 66.4 Å². The number of pyridine rings is 1. The summed E-state index contributed by atoms with van der Waals surface area (Å²) in [4.78, 5) is 11.2. The van der Waals surface area contributed by atoms with Crippen LogP contribution in [0.15, 0.2) is 60.1 Å². The van der Waals surface area contributed by atoms with Crippen molar-refractivity contribution >= 4 is 22.9 Å². The molecule has 3 heterocycles. The van der Waals surface area contributed by atoms with Gasteiger partial charge in [-0.15, -0.1) is 0 Å². The number of halogens is 3. The van der Waals surface area contributed by atoms with E-state index in [0.717, 1.165) is 5.56 Å². The monoisotopic (exact) mass is 436 g/mol. The molecule has 8 nitrogen and oxygen atoms in total. The van der Waals surface area contributed by atoms with E-state index in [-0.39, 0.29) is 17.8 Å². The molecule has 0 atom stereocenters. The number of nitrogens with one attached hydrogen (secondary N) is 1. The van der Waals surface area contributed by atoms with E-state index < -0.39 is 12.0 Å². The molecule has 1 aromatic carbocycles. The average molecular weight is 436 g/mol. The smallest absolute Gasteiger partial charge is 0.270 e. The number of rotatable bonds is 6. The van der Waals surface area contributed by atoms with Gasteiger partial charge in [0.2, 0.25) is 5.82 Å². The van der Waals surface area contributed by atoms with Crippen LogP contribution in [0.2, 0.25) is 0 Å². The Labute approximate surface area is 180 Å². The van der Waals surface area contributed by atoms with Crippen LogP contribution < -0.4 is 5.43 Å². The van der Waals surface area contributed by atoms with Gasteiger partial charge in [-0.1, -0.05) is 12.1 Å². The van der Waals surface area contributed by atoms with E-state index in [1.165, 1.54) is 12.3 Å². The summed E-state index contributed by atoms with van der Waals surface area (Å²) in [6.07, 6.45) is 1.97. The number of hydrazone groups is 1. The molecule has 0 saturated carbocycles. The highest BCUT2D eigenvalue weighted by Crippen LogP contribution is 2.30. The van der Waals surface area contributed by atoms with Gasteiger partial charge in [-0.3, -0.25) is 15.1 Å². The fourth-order valence-corrected chi connectivity index (χ4v) is 3.00. The number of nitriles is 1. The van der Waals surface area contributed by atoms with Gasteiger partial charge in [0.05, 0.1) is 30.8 Å². The molecule has 0 aliphatic carbocycles. The molecule has 160 valence electrons. The fourth-order valence-electron chi connectivity index (χ4n) is 3.00. The Bertz CT molecular complexity index is 1310. The van der Waals surface area contributed by atoms with Gasteiger partial charge in [0.15, 0.2) is 5.82 Å². The number of nitrogens with zero attached hydrogens (tertiary/aromatic N) is 7. The van der Waals surface area contributed by atoms with E-state index in [4.69, 9.17) is 5.26 Å². The first-order chi connectivity index (χ1) is 15.5. The highest BCUT2D eigenvalue weighted by atomic mass is 19.4. The van der Waals surface area contributed by atoms with Crippen molar-refractivity contribution < 1.29 is 13.2 Å². The number of para-hydroxylation sites is 1. The number of benzene rings is 1. The molecule has 0 aliphatic rings. The summed E-state index contributed by atoms with van der Waals surface area (Å²) >= 11 is 0. The Morgan fingerprint density at radius 1 is 1.12 bits per heavy atom. The molecule has 0 amide bonds. The molecule has 4 aromatic rings.